The average Bonchev–Trinajstić information content (AvgIpc) is 3.37. The molecule has 2 aromatic heterocycles. The summed E-state index contributed by atoms with van der Waals surface area (Å²) in [5, 5.41) is 9.02. The Hall–Kier alpha value is -2.51. The summed E-state index contributed by atoms with van der Waals surface area (Å²) in [5.41, 5.74) is 2.68. The van der Waals surface area contributed by atoms with Gasteiger partial charge in [-0.15, -0.1) is 0 Å². The Morgan fingerprint density at radius 3 is 2.82 bits per heavy atom. The van der Waals surface area contributed by atoms with Crippen LogP contribution in [0, 0.1) is 6.92 Å². The van der Waals surface area contributed by atoms with Crippen molar-refractivity contribution in [1.29, 1.82) is 0 Å². The van der Waals surface area contributed by atoms with Crippen LogP contribution in [0.2, 0.25) is 5.02 Å². The Bertz CT molecular complexity index is 1010. The van der Waals surface area contributed by atoms with Gasteiger partial charge in [0.05, 0.1) is 12.8 Å². The van der Waals surface area contributed by atoms with Gasteiger partial charge in [-0.1, -0.05) is 28.9 Å². The molecule has 0 radical (unpaired) electrons. The van der Waals surface area contributed by atoms with Gasteiger partial charge in [0.15, 0.2) is 5.82 Å². The van der Waals surface area contributed by atoms with Crippen molar-refractivity contribution in [3.05, 3.63) is 74.2 Å². The zero-order chi connectivity index (χ0) is 19.5. The normalized spacial score (nSPS) is 16.6. The lowest BCUT2D eigenvalue weighted by atomic mass is 9.97. The van der Waals surface area contributed by atoms with Crippen LogP contribution in [-0.2, 0) is 24.1 Å². The summed E-state index contributed by atoms with van der Waals surface area (Å²) in [7, 11) is 0. The second-order valence-corrected chi connectivity index (χ2v) is 7.42. The fourth-order valence-electron chi connectivity index (χ4n) is 3.39. The van der Waals surface area contributed by atoms with Crippen LogP contribution in [0.1, 0.15) is 40.7 Å². The number of ether oxygens (including phenoxy) is 1. The molecule has 0 saturated carbocycles. The Morgan fingerprint density at radius 1 is 1.25 bits per heavy atom. The van der Waals surface area contributed by atoms with Crippen molar-refractivity contribution in [2.75, 3.05) is 13.2 Å². The number of halogens is 1. The van der Waals surface area contributed by atoms with E-state index in [2.05, 4.69) is 15.2 Å². The maximum atomic E-state index is 12.7. The molecule has 1 aliphatic heterocycles. The van der Waals surface area contributed by atoms with Gasteiger partial charge >= 0.3 is 0 Å². The Labute approximate surface area is 167 Å². The van der Waals surface area contributed by atoms with Gasteiger partial charge in [0.1, 0.15) is 6.54 Å². The molecule has 4 rings (SSSR count). The lowest BCUT2D eigenvalue weighted by Crippen LogP contribution is -2.27. The first-order valence-corrected chi connectivity index (χ1v) is 9.68. The average molecular weight is 401 g/mol. The first-order chi connectivity index (χ1) is 13.6. The summed E-state index contributed by atoms with van der Waals surface area (Å²) >= 11 is 5.90. The number of nitrogens with zero attached hydrogens (tertiary/aromatic N) is 4. The molecule has 7 nitrogen and oxygen atoms in total. The van der Waals surface area contributed by atoms with E-state index in [0.29, 0.717) is 35.3 Å². The first kappa shape index (κ1) is 18.8. The van der Waals surface area contributed by atoms with E-state index in [1.54, 1.807) is 6.20 Å². The van der Waals surface area contributed by atoms with E-state index in [1.165, 1.54) is 4.68 Å². The third-order valence-electron chi connectivity index (χ3n) is 5.04. The lowest BCUT2D eigenvalue weighted by molar-refractivity contribution is 0.193. The highest BCUT2D eigenvalue weighted by atomic mass is 35.5. The Morgan fingerprint density at radius 2 is 2.07 bits per heavy atom. The van der Waals surface area contributed by atoms with Crippen LogP contribution in [0.25, 0.3) is 0 Å². The van der Waals surface area contributed by atoms with Crippen LogP contribution in [-0.4, -0.2) is 33.1 Å². The van der Waals surface area contributed by atoms with Gasteiger partial charge in [-0.3, -0.25) is 4.79 Å². The lowest BCUT2D eigenvalue weighted by Gasteiger charge is -2.12. The van der Waals surface area contributed by atoms with Gasteiger partial charge in [-0.2, -0.15) is 10.1 Å². The van der Waals surface area contributed by atoms with Crippen LogP contribution in [0.3, 0.4) is 0 Å². The molecule has 0 aliphatic carbocycles. The highest BCUT2D eigenvalue weighted by Crippen LogP contribution is 2.25. The molecule has 0 bridgehead atoms. The minimum Gasteiger partial charge on any atom is -0.381 e. The topological polar surface area (TPSA) is 83.0 Å². The molecule has 3 heterocycles. The quantitative estimate of drug-likeness (QED) is 0.632. The van der Waals surface area contributed by atoms with Crippen LogP contribution >= 0.6 is 11.6 Å². The van der Waals surface area contributed by atoms with Crippen LogP contribution < -0.4 is 5.56 Å². The van der Waals surface area contributed by atoms with E-state index >= 15 is 0 Å². The maximum absolute atomic E-state index is 12.7. The van der Waals surface area contributed by atoms with Gasteiger partial charge in [0.25, 0.3) is 5.56 Å². The first-order valence-electron chi connectivity index (χ1n) is 9.30. The highest BCUT2D eigenvalue weighted by Gasteiger charge is 2.22. The van der Waals surface area contributed by atoms with Gasteiger partial charge in [-0.05, 0) is 43.0 Å². The van der Waals surface area contributed by atoms with Gasteiger partial charge < -0.3 is 9.26 Å². The number of aromatic nitrogens is 4. The van der Waals surface area contributed by atoms with Crippen molar-refractivity contribution in [1.82, 2.24) is 19.9 Å². The van der Waals surface area contributed by atoms with Crippen molar-refractivity contribution in [2.45, 2.75) is 38.6 Å². The van der Waals surface area contributed by atoms with Crippen molar-refractivity contribution in [2.24, 2.45) is 0 Å². The molecular formula is C20H21ClN4O3. The van der Waals surface area contributed by atoms with Crippen molar-refractivity contribution >= 4 is 11.6 Å². The second-order valence-electron chi connectivity index (χ2n) is 6.98. The molecule has 0 spiro atoms. The minimum atomic E-state index is -0.134. The Kier molecular flexibility index (Phi) is 5.54. The highest BCUT2D eigenvalue weighted by molar-refractivity contribution is 6.30. The molecule has 0 amide bonds. The number of hydrogen-bond donors (Lipinski definition) is 0. The second kappa shape index (κ2) is 8.24. The van der Waals surface area contributed by atoms with Crippen molar-refractivity contribution in [3.63, 3.8) is 0 Å². The zero-order valence-corrected chi connectivity index (χ0v) is 16.4. The number of aryl methyl sites for hydroxylation is 2. The van der Waals surface area contributed by atoms with Crippen molar-refractivity contribution < 1.29 is 9.26 Å². The summed E-state index contributed by atoms with van der Waals surface area (Å²) in [6, 6.07) is 7.68. The summed E-state index contributed by atoms with van der Waals surface area (Å²) < 4.78 is 12.1. The Balaban J connectivity index is 1.42. The van der Waals surface area contributed by atoms with Crippen LogP contribution in [0.4, 0.5) is 0 Å². The minimum absolute atomic E-state index is 0.134. The van der Waals surface area contributed by atoms with E-state index in [0.717, 1.165) is 30.6 Å². The third kappa shape index (κ3) is 4.15. The van der Waals surface area contributed by atoms with Gasteiger partial charge in [0.2, 0.25) is 5.89 Å². The molecule has 28 heavy (non-hydrogen) atoms. The summed E-state index contributed by atoms with van der Waals surface area (Å²) in [6.45, 7) is 3.37. The largest absolute Gasteiger partial charge is 0.381 e. The van der Waals surface area contributed by atoms with Gasteiger partial charge in [-0.25, -0.2) is 4.68 Å². The number of rotatable bonds is 6. The predicted molar refractivity (Wildman–Crippen MR) is 104 cm³/mol. The number of hydrogen-bond acceptors (Lipinski definition) is 6. The van der Waals surface area contributed by atoms with E-state index in [4.69, 9.17) is 20.9 Å². The SMILES string of the molecule is Cc1c(C2CCOC2)cnn(Cc2nc(CCc3ccc(Cl)cc3)no2)c1=O. The standard InChI is InChI=1S/C20H21ClN4O3/c1-13-17(15-8-9-27-12-15)10-22-25(20(13)26)11-19-23-18(24-28-19)7-4-14-2-5-16(21)6-3-14/h2-3,5-6,10,15H,4,7-9,11-12H2,1H3. The molecular weight excluding hydrogens is 380 g/mol. The smallest absolute Gasteiger partial charge is 0.270 e. The third-order valence-corrected chi connectivity index (χ3v) is 5.29. The molecule has 1 fully saturated rings. The van der Waals surface area contributed by atoms with Gasteiger partial charge in [0, 0.05) is 29.5 Å². The monoisotopic (exact) mass is 400 g/mol. The van der Waals surface area contributed by atoms with Crippen LogP contribution in [0.15, 0.2) is 39.8 Å². The van der Waals surface area contributed by atoms with E-state index in [1.807, 2.05) is 31.2 Å². The molecule has 1 atom stereocenters. The molecule has 8 heteroatoms. The van der Waals surface area contributed by atoms with Crippen molar-refractivity contribution in [3.8, 4) is 0 Å². The molecule has 1 saturated heterocycles. The summed E-state index contributed by atoms with van der Waals surface area (Å²) in [5.74, 6) is 1.23. The molecule has 1 aromatic carbocycles. The molecule has 1 aliphatic rings. The molecule has 3 aromatic rings. The summed E-state index contributed by atoms with van der Waals surface area (Å²) in [4.78, 5) is 17.0. The van der Waals surface area contributed by atoms with Crippen LogP contribution in [0.5, 0.6) is 0 Å². The molecule has 0 N–H and O–H groups in total. The zero-order valence-electron chi connectivity index (χ0n) is 15.6. The molecule has 1 unspecified atom stereocenters. The number of benzene rings is 1. The van der Waals surface area contributed by atoms with E-state index in [9.17, 15) is 4.79 Å². The summed E-state index contributed by atoms with van der Waals surface area (Å²) in [6.07, 6.45) is 4.11. The fourth-order valence-corrected chi connectivity index (χ4v) is 3.52. The van der Waals surface area contributed by atoms with E-state index in [-0.39, 0.29) is 18.0 Å². The fraction of sp³-hybridized carbons (Fsp3) is 0.400. The molecule has 146 valence electrons. The predicted octanol–water partition coefficient (Wildman–Crippen LogP) is 2.93. The van der Waals surface area contributed by atoms with E-state index < -0.39 is 0 Å². The maximum Gasteiger partial charge on any atom is 0.270 e.